The van der Waals surface area contributed by atoms with Crippen molar-refractivity contribution in [3.05, 3.63) is 27.5 Å². The van der Waals surface area contributed by atoms with Gasteiger partial charge in [0.2, 0.25) is 0 Å². The van der Waals surface area contributed by atoms with E-state index in [9.17, 15) is 4.79 Å². The van der Waals surface area contributed by atoms with Crippen LogP contribution in [0, 0.1) is 6.92 Å². The molecule has 0 saturated carbocycles. The number of amides is 1. The lowest BCUT2D eigenvalue weighted by Crippen LogP contribution is -2.46. The van der Waals surface area contributed by atoms with Gasteiger partial charge in [0.05, 0.1) is 21.9 Å². The minimum absolute atomic E-state index is 0.0973. The third-order valence-electron chi connectivity index (χ3n) is 3.40. The van der Waals surface area contributed by atoms with Crippen LogP contribution in [-0.2, 0) is 4.74 Å². The zero-order chi connectivity index (χ0) is 14.9. The molecule has 1 aliphatic rings. The van der Waals surface area contributed by atoms with Gasteiger partial charge < -0.3 is 10.1 Å². The van der Waals surface area contributed by atoms with Crippen LogP contribution < -0.4 is 5.32 Å². The second-order valence-electron chi connectivity index (χ2n) is 5.67. The first-order valence-electron chi connectivity index (χ1n) is 6.56. The average Bonchev–Trinajstić information content (AvgIpc) is 2.32. The lowest BCUT2D eigenvalue weighted by Gasteiger charge is -2.35. The maximum absolute atomic E-state index is 12.3. The Morgan fingerprint density at radius 1 is 1.50 bits per heavy atom. The van der Waals surface area contributed by atoms with Crippen LogP contribution in [0.1, 0.15) is 42.7 Å². The van der Waals surface area contributed by atoms with Crippen molar-refractivity contribution in [3.8, 4) is 0 Å². The molecule has 1 saturated heterocycles. The first kappa shape index (κ1) is 15.5. The Morgan fingerprint density at radius 3 is 2.85 bits per heavy atom. The Labute approximate surface area is 128 Å². The fourth-order valence-corrected chi connectivity index (χ4v) is 2.73. The van der Waals surface area contributed by atoms with Crippen LogP contribution in [0.15, 0.2) is 6.07 Å². The highest BCUT2D eigenvalue weighted by molar-refractivity contribution is 6.41. The second-order valence-corrected chi connectivity index (χ2v) is 6.43. The molecule has 1 N–H and O–H groups in total. The Bertz CT molecular complexity index is 532. The van der Waals surface area contributed by atoms with Crippen LogP contribution in [0.5, 0.6) is 0 Å². The zero-order valence-electron chi connectivity index (χ0n) is 11.8. The second kappa shape index (κ2) is 5.88. The predicted molar refractivity (Wildman–Crippen MR) is 79.5 cm³/mol. The monoisotopic (exact) mass is 316 g/mol. The molecule has 0 radical (unpaired) electrons. The third kappa shape index (κ3) is 3.62. The van der Waals surface area contributed by atoms with Gasteiger partial charge in [0, 0.05) is 12.6 Å². The summed E-state index contributed by atoms with van der Waals surface area (Å²) in [5.74, 6) is -0.170. The number of nitrogens with one attached hydrogen (secondary N) is 1. The highest BCUT2D eigenvalue weighted by Gasteiger charge is 2.30. The largest absolute Gasteiger partial charge is 0.375 e. The summed E-state index contributed by atoms with van der Waals surface area (Å²) in [5, 5.41) is 3.52. The molecule has 0 aliphatic carbocycles. The van der Waals surface area contributed by atoms with E-state index < -0.39 is 0 Å². The van der Waals surface area contributed by atoms with E-state index in [1.807, 2.05) is 13.8 Å². The summed E-state index contributed by atoms with van der Waals surface area (Å²) in [6.07, 6.45) is 1.59. The fourth-order valence-electron chi connectivity index (χ4n) is 2.40. The van der Waals surface area contributed by atoms with Gasteiger partial charge in [-0.3, -0.25) is 4.79 Å². The molecular weight excluding hydrogens is 299 g/mol. The summed E-state index contributed by atoms with van der Waals surface area (Å²) in [7, 11) is 0. The van der Waals surface area contributed by atoms with Gasteiger partial charge in [-0.2, -0.15) is 0 Å². The summed E-state index contributed by atoms with van der Waals surface area (Å²) < 4.78 is 5.64. The van der Waals surface area contributed by atoms with Gasteiger partial charge in [-0.1, -0.05) is 23.2 Å². The van der Waals surface area contributed by atoms with Gasteiger partial charge in [-0.05, 0) is 39.7 Å². The number of rotatable bonds is 2. The molecule has 1 atom stereocenters. The lowest BCUT2D eigenvalue weighted by atomic mass is 9.93. The van der Waals surface area contributed by atoms with Crippen LogP contribution in [0.2, 0.25) is 10.2 Å². The first-order valence-corrected chi connectivity index (χ1v) is 7.31. The Hall–Kier alpha value is -0.840. The summed E-state index contributed by atoms with van der Waals surface area (Å²) in [5.41, 5.74) is 0.827. The van der Waals surface area contributed by atoms with Crippen LogP contribution in [0.25, 0.3) is 0 Å². The molecular formula is C14H18Cl2N2O2. The minimum Gasteiger partial charge on any atom is -0.375 e. The molecule has 1 aliphatic heterocycles. The van der Waals surface area contributed by atoms with Gasteiger partial charge in [0.25, 0.3) is 5.91 Å². The number of nitrogens with zero attached hydrogens (tertiary/aromatic N) is 1. The Kier molecular flexibility index (Phi) is 4.57. The number of carbonyl (C=O) groups is 1. The molecule has 4 nitrogen and oxygen atoms in total. The molecule has 0 bridgehead atoms. The number of pyridine rings is 1. The van der Waals surface area contributed by atoms with Crippen molar-refractivity contribution < 1.29 is 9.53 Å². The van der Waals surface area contributed by atoms with Crippen LogP contribution in [-0.4, -0.2) is 29.1 Å². The molecule has 20 heavy (non-hydrogen) atoms. The van der Waals surface area contributed by atoms with Crippen molar-refractivity contribution in [2.45, 2.75) is 45.3 Å². The van der Waals surface area contributed by atoms with Crippen LogP contribution in [0.4, 0.5) is 0 Å². The topological polar surface area (TPSA) is 51.2 Å². The number of carbonyl (C=O) groups excluding carboxylic acids is 1. The summed E-state index contributed by atoms with van der Waals surface area (Å²) >= 11 is 11.8. The Morgan fingerprint density at radius 2 is 2.20 bits per heavy atom. The highest BCUT2D eigenvalue weighted by atomic mass is 35.5. The SMILES string of the molecule is Cc1nc(Cl)c(Cl)cc1C(=O)NC1CCOC(C)(C)C1. The van der Waals surface area contributed by atoms with Crippen LogP contribution in [0.3, 0.4) is 0 Å². The van der Waals surface area contributed by atoms with Gasteiger partial charge in [-0.15, -0.1) is 0 Å². The third-order valence-corrected chi connectivity index (χ3v) is 4.07. The van der Waals surface area contributed by atoms with Gasteiger partial charge in [-0.25, -0.2) is 4.98 Å². The maximum Gasteiger partial charge on any atom is 0.253 e. The number of ether oxygens (including phenoxy) is 1. The van der Waals surface area contributed by atoms with E-state index in [4.69, 9.17) is 27.9 Å². The minimum atomic E-state index is -0.207. The fraction of sp³-hybridized carbons (Fsp3) is 0.571. The van der Waals surface area contributed by atoms with Gasteiger partial charge in [0.15, 0.2) is 0 Å². The molecule has 110 valence electrons. The van der Waals surface area contributed by atoms with E-state index in [2.05, 4.69) is 10.3 Å². The number of aryl methyl sites for hydroxylation is 1. The van der Waals surface area contributed by atoms with Crippen molar-refractivity contribution in [2.75, 3.05) is 6.61 Å². The van der Waals surface area contributed by atoms with Crippen molar-refractivity contribution in [2.24, 2.45) is 0 Å². The molecule has 0 spiro atoms. The van der Waals surface area contributed by atoms with Gasteiger partial charge >= 0.3 is 0 Å². The molecule has 0 aromatic carbocycles. The quantitative estimate of drug-likeness (QED) is 0.851. The normalized spacial score (nSPS) is 21.6. The summed E-state index contributed by atoms with van der Waals surface area (Å²) in [6.45, 7) is 6.44. The van der Waals surface area contributed by atoms with E-state index in [1.165, 1.54) is 0 Å². The Balaban J connectivity index is 2.11. The van der Waals surface area contributed by atoms with E-state index >= 15 is 0 Å². The molecule has 1 amide bonds. The molecule has 6 heteroatoms. The number of hydrogen-bond acceptors (Lipinski definition) is 3. The summed E-state index contributed by atoms with van der Waals surface area (Å²) in [6, 6.07) is 1.66. The van der Waals surface area contributed by atoms with Crippen molar-refractivity contribution in [1.82, 2.24) is 10.3 Å². The van der Waals surface area contributed by atoms with Gasteiger partial charge in [0.1, 0.15) is 5.15 Å². The standard InChI is InChI=1S/C14H18Cl2N2O2/c1-8-10(6-11(15)12(16)17-8)13(19)18-9-4-5-20-14(2,3)7-9/h6,9H,4-5,7H2,1-3H3,(H,18,19). The van der Waals surface area contributed by atoms with E-state index in [-0.39, 0.29) is 27.7 Å². The molecule has 2 heterocycles. The number of halogens is 2. The molecule has 1 fully saturated rings. The summed E-state index contributed by atoms with van der Waals surface area (Å²) in [4.78, 5) is 16.4. The molecule has 1 aromatic rings. The number of aromatic nitrogens is 1. The van der Waals surface area contributed by atoms with Crippen molar-refractivity contribution in [3.63, 3.8) is 0 Å². The molecule has 1 unspecified atom stereocenters. The smallest absolute Gasteiger partial charge is 0.253 e. The van der Waals surface area contributed by atoms with E-state index in [0.29, 0.717) is 17.9 Å². The average molecular weight is 317 g/mol. The van der Waals surface area contributed by atoms with E-state index in [0.717, 1.165) is 12.8 Å². The first-order chi connectivity index (χ1) is 9.28. The lowest BCUT2D eigenvalue weighted by molar-refractivity contribution is -0.0615. The zero-order valence-corrected chi connectivity index (χ0v) is 13.3. The van der Waals surface area contributed by atoms with Crippen molar-refractivity contribution in [1.29, 1.82) is 0 Å². The molecule has 1 aromatic heterocycles. The maximum atomic E-state index is 12.3. The predicted octanol–water partition coefficient (Wildman–Crippen LogP) is 3.38. The highest BCUT2D eigenvalue weighted by Crippen LogP contribution is 2.25. The van der Waals surface area contributed by atoms with Crippen LogP contribution >= 0.6 is 23.2 Å². The number of hydrogen-bond donors (Lipinski definition) is 1. The van der Waals surface area contributed by atoms with E-state index in [1.54, 1.807) is 13.0 Å². The molecule has 2 rings (SSSR count). The van der Waals surface area contributed by atoms with Crippen molar-refractivity contribution >= 4 is 29.1 Å².